The van der Waals surface area contributed by atoms with E-state index in [4.69, 9.17) is 0 Å². The SMILES string of the molecule is Cc1nc(CN(C)C(=O)c2ncccc2Br)cs1. The van der Waals surface area contributed by atoms with Gasteiger partial charge in [0.1, 0.15) is 5.69 Å². The molecule has 0 radical (unpaired) electrons. The van der Waals surface area contributed by atoms with Crippen LogP contribution < -0.4 is 0 Å². The van der Waals surface area contributed by atoms with Crippen LogP contribution in [0.4, 0.5) is 0 Å². The van der Waals surface area contributed by atoms with Gasteiger partial charge in [0.25, 0.3) is 5.91 Å². The van der Waals surface area contributed by atoms with Gasteiger partial charge >= 0.3 is 0 Å². The van der Waals surface area contributed by atoms with Gasteiger partial charge in [-0.3, -0.25) is 4.79 Å². The Morgan fingerprint density at radius 1 is 1.56 bits per heavy atom. The molecule has 0 aliphatic carbocycles. The fourth-order valence-electron chi connectivity index (χ4n) is 1.52. The molecule has 2 aromatic rings. The first-order valence-electron chi connectivity index (χ1n) is 5.35. The van der Waals surface area contributed by atoms with Crippen LogP contribution in [-0.2, 0) is 6.54 Å². The number of nitrogens with zero attached hydrogens (tertiary/aromatic N) is 3. The molecule has 2 heterocycles. The van der Waals surface area contributed by atoms with Crippen LogP contribution in [0.2, 0.25) is 0 Å². The average Bonchev–Trinajstić information content (AvgIpc) is 2.74. The van der Waals surface area contributed by atoms with E-state index in [0.717, 1.165) is 10.7 Å². The Morgan fingerprint density at radius 3 is 2.94 bits per heavy atom. The number of aryl methyl sites for hydroxylation is 1. The summed E-state index contributed by atoms with van der Waals surface area (Å²) < 4.78 is 0.705. The van der Waals surface area contributed by atoms with E-state index in [1.54, 1.807) is 41.6 Å². The number of carbonyl (C=O) groups is 1. The fourth-order valence-corrected chi connectivity index (χ4v) is 2.55. The van der Waals surface area contributed by atoms with Crippen LogP contribution in [-0.4, -0.2) is 27.8 Å². The van der Waals surface area contributed by atoms with Crippen LogP contribution in [0.5, 0.6) is 0 Å². The topological polar surface area (TPSA) is 46.1 Å². The summed E-state index contributed by atoms with van der Waals surface area (Å²) in [5.74, 6) is -0.117. The molecule has 2 aromatic heterocycles. The lowest BCUT2D eigenvalue weighted by molar-refractivity contribution is 0.0777. The lowest BCUT2D eigenvalue weighted by Gasteiger charge is -2.15. The van der Waals surface area contributed by atoms with E-state index in [-0.39, 0.29) is 5.91 Å². The van der Waals surface area contributed by atoms with Crippen LogP contribution >= 0.6 is 27.3 Å². The molecule has 4 nitrogen and oxygen atoms in total. The van der Waals surface area contributed by atoms with Crippen LogP contribution in [0.25, 0.3) is 0 Å². The van der Waals surface area contributed by atoms with Gasteiger partial charge in [0.15, 0.2) is 0 Å². The first-order chi connectivity index (χ1) is 8.58. The van der Waals surface area contributed by atoms with Crippen molar-refractivity contribution in [3.8, 4) is 0 Å². The average molecular weight is 326 g/mol. The highest BCUT2D eigenvalue weighted by Gasteiger charge is 2.16. The first-order valence-corrected chi connectivity index (χ1v) is 7.02. The van der Waals surface area contributed by atoms with Gasteiger partial charge in [-0.15, -0.1) is 11.3 Å². The zero-order valence-electron chi connectivity index (χ0n) is 10.1. The Hall–Kier alpha value is -1.27. The van der Waals surface area contributed by atoms with Crippen LogP contribution in [0.15, 0.2) is 28.2 Å². The third-order valence-electron chi connectivity index (χ3n) is 2.37. The van der Waals surface area contributed by atoms with E-state index in [9.17, 15) is 4.79 Å². The molecular weight excluding hydrogens is 314 g/mol. The van der Waals surface area contributed by atoms with Crippen molar-refractivity contribution >= 4 is 33.2 Å². The summed E-state index contributed by atoms with van der Waals surface area (Å²) in [5.41, 5.74) is 1.33. The van der Waals surface area contributed by atoms with Gasteiger partial charge in [-0.1, -0.05) is 0 Å². The summed E-state index contributed by atoms with van der Waals surface area (Å²) in [4.78, 5) is 22.2. The second-order valence-electron chi connectivity index (χ2n) is 3.85. The van der Waals surface area contributed by atoms with Gasteiger partial charge in [-0.05, 0) is 35.0 Å². The van der Waals surface area contributed by atoms with Crippen molar-refractivity contribution < 1.29 is 4.79 Å². The van der Waals surface area contributed by atoms with Crippen molar-refractivity contribution in [2.45, 2.75) is 13.5 Å². The quantitative estimate of drug-likeness (QED) is 0.871. The summed E-state index contributed by atoms with van der Waals surface area (Å²) in [5, 5.41) is 2.97. The lowest BCUT2D eigenvalue weighted by atomic mass is 10.3. The van der Waals surface area contributed by atoms with E-state index in [2.05, 4.69) is 25.9 Å². The minimum absolute atomic E-state index is 0.117. The minimum atomic E-state index is -0.117. The molecule has 94 valence electrons. The molecule has 0 saturated carbocycles. The van der Waals surface area contributed by atoms with Crippen molar-refractivity contribution in [3.63, 3.8) is 0 Å². The molecule has 0 fully saturated rings. The monoisotopic (exact) mass is 325 g/mol. The number of hydrogen-bond acceptors (Lipinski definition) is 4. The largest absolute Gasteiger partial charge is 0.334 e. The number of hydrogen-bond donors (Lipinski definition) is 0. The van der Waals surface area contributed by atoms with Gasteiger partial charge < -0.3 is 4.90 Å². The predicted octanol–water partition coefficient (Wildman–Crippen LogP) is 2.88. The Bertz CT molecular complexity index is 570. The normalized spacial score (nSPS) is 10.4. The number of carbonyl (C=O) groups excluding carboxylic acids is 1. The number of thiazole rings is 1. The fraction of sp³-hybridized carbons (Fsp3) is 0.250. The highest BCUT2D eigenvalue weighted by molar-refractivity contribution is 9.10. The standard InChI is InChI=1S/C12H12BrN3OS/c1-8-15-9(7-18-8)6-16(2)12(17)11-10(13)4-3-5-14-11/h3-5,7H,6H2,1-2H3. The maximum Gasteiger partial charge on any atom is 0.273 e. The minimum Gasteiger partial charge on any atom is -0.334 e. The molecule has 0 unspecified atom stereocenters. The smallest absolute Gasteiger partial charge is 0.273 e. The number of pyridine rings is 1. The van der Waals surface area contributed by atoms with Crippen LogP contribution in [0.3, 0.4) is 0 Å². The first kappa shape index (κ1) is 13.2. The van der Waals surface area contributed by atoms with Crippen molar-refractivity contribution in [1.82, 2.24) is 14.9 Å². The summed E-state index contributed by atoms with van der Waals surface area (Å²) in [7, 11) is 1.75. The lowest BCUT2D eigenvalue weighted by Crippen LogP contribution is -2.27. The molecule has 0 atom stereocenters. The summed E-state index contributed by atoms with van der Waals surface area (Å²) >= 11 is 4.91. The van der Waals surface area contributed by atoms with Crippen LogP contribution in [0.1, 0.15) is 21.2 Å². The van der Waals surface area contributed by atoms with Gasteiger partial charge in [0.2, 0.25) is 0 Å². The second kappa shape index (κ2) is 5.58. The maximum atomic E-state index is 12.2. The van der Waals surface area contributed by atoms with Gasteiger partial charge in [0.05, 0.1) is 17.2 Å². The van der Waals surface area contributed by atoms with Crippen molar-refractivity contribution in [1.29, 1.82) is 0 Å². The van der Waals surface area contributed by atoms with E-state index in [1.807, 2.05) is 12.3 Å². The zero-order valence-corrected chi connectivity index (χ0v) is 12.5. The number of halogens is 1. The predicted molar refractivity (Wildman–Crippen MR) is 74.6 cm³/mol. The molecule has 6 heteroatoms. The van der Waals surface area contributed by atoms with E-state index in [1.165, 1.54) is 0 Å². The van der Waals surface area contributed by atoms with Gasteiger partial charge in [-0.2, -0.15) is 0 Å². The Balaban J connectivity index is 2.12. The summed E-state index contributed by atoms with van der Waals surface area (Å²) in [6.07, 6.45) is 1.61. The molecule has 0 saturated heterocycles. The summed E-state index contributed by atoms with van der Waals surface area (Å²) in [6.45, 7) is 2.44. The molecule has 2 rings (SSSR count). The highest BCUT2D eigenvalue weighted by Crippen LogP contribution is 2.16. The summed E-state index contributed by atoms with van der Waals surface area (Å²) in [6, 6.07) is 3.59. The molecule has 0 bridgehead atoms. The number of rotatable bonds is 3. The third kappa shape index (κ3) is 2.94. The molecule has 1 amide bonds. The maximum absolute atomic E-state index is 12.2. The molecular formula is C12H12BrN3OS. The highest BCUT2D eigenvalue weighted by atomic mass is 79.9. The van der Waals surface area contributed by atoms with Gasteiger partial charge in [-0.25, -0.2) is 9.97 Å². The van der Waals surface area contributed by atoms with Gasteiger partial charge in [0, 0.05) is 23.1 Å². The molecule has 0 aliphatic heterocycles. The van der Waals surface area contributed by atoms with Crippen molar-refractivity contribution in [2.75, 3.05) is 7.05 Å². The molecule has 18 heavy (non-hydrogen) atoms. The van der Waals surface area contributed by atoms with Crippen LogP contribution in [0, 0.1) is 6.92 Å². The second-order valence-corrected chi connectivity index (χ2v) is 5.77. The van der Waals surface area contributed by atoms with E-state index >= 15 is 0 Å². The number of amides is 1. The molecule has 0 spiro atoms. The molecule has 0 aromatic carbocycles. The zero-order chi connectivity index (χ0) is 13.1. The van der Waals surface area contributed by atoms with Crippen molar-refractivity contribution in [3.05, 3.63) is 44.6 Å². The van der Waals surface area contributed by atoms with E-state index < -0.39 is 0 Å². The molecule has 0 N–H and O–H groups in total. The Kier molecular flexibility index (Phi) is 4.08. The van der Waals surface area contributed by atoms with E-state index in [0.29, 0.717) is 16.7 Å². The number of aromatic nitrogens is 2. The Morgan fingerprint density at radius 2 is 2.33 bits per heavy atom. The molecule has 0 aliphatic rings. The third-order valence-corrected chi connectivity index (χ3v) is 3.84. The Labute approximate surface area is 118 Å². The van der Waals surface area contributed by atoms with Crippen molar-refractivity contribution in [2.24, 2.45) is 0 Å².